The van der Waals surface area contributed by atoms with Gasteiger partial charge in [0.15, 0.2) is 23.1 Å². The van der Waals surface area contributed by atoms with Crippen LogP contribution in [0.5, 0.6) is 11.5 Å². The van der Waals surface area contributed by atoms with Crippen molar-refractivity contribution in [3.8, 4) is 11.5 Å². The lowest BCUT2D eigenvalue weighted by atomic mass is 10.1. The molecule has 0 fully saturated rings. The summed E-state index contributed by atoms with van der Waals surface area (Å²) in [5, 5.41) is 8.58. The second-order valence-electron chi connectivity index (χ2n) is 5.68. The topological polar surface area (TPSA) is 117 Å². The third-order valence-electron chi connectivity index (χ3n) is 3.95. The van der Waals surface area contributed by atoms with Gasteiger partial charge in [-0.2, -0.15) is 4.39 Å². The minimum atomic E-state index is -1.74. The van der Waals surface area contributed by atoms with Gasteiger partial charge in [0.25, 0.3) is 0 Å². The van der Waals surface area contributed by atoms with Crippen LogP contribution in [-0.4, -0.2) is 20.8 Å². The van der Waals surface area contributed by atoms with Gasteiger partial charge in [-0.25, -0.2) is 14.2 Å². The molecule has 0 aliphatic carbocycles. The van der Waals surface area contributed by atoms with Crippen molar-refractivity contribution >= 4 is 46.4 Å². The van der Waals surface area contributed by atoms with E-state index in [-0.39, 0.29) is 33.1 Å². The number of anilines is 1. The number of halogens is 3. The number of nitrogen functional groups attached to an aromatic ring is 1. The highest BCUT2D eigenvalue weighted by atomic mass is 35.5. The summed E-state index contributed by atoms with van der Waals surface area (Å²) >= 11 is 5.94. The van der Waals surface area contributed by atoms with E-state index in [1.807, 2.05) is 0 Å². The van der Waals surface area contributed by atoms with E-state index in [2.05, 4.69) is 9.72 Å². The quantitative estimate of drug-likeness (QED) is 0.626. The Bertz CT molecular complexity index is 1270. The smallest absolute Gasteiger partial charge is 0.450 e. The maximum atomic E-state index is 14.4. The van der Waals surface area contributed by atoms with Gasteiger partial charge in [-0.15, -0.1) is 0 Å². The van der Waals surface area contributed by atoms with E-state index >= 15 is 0 Å². The van der Waals surface area contributed by atoms with Gasteiger partial charge in [-0.1, -0.05) is 11.6 Å². The van der Waals surface area contributed by atoms with E-state index in [9.17, 15) is 18.4 Å². The van der Waals surface area contributed by atoms with Gasteiger partial charge in [0.2, 0.25) is 11.2 Å². The zero-order valence-corrected chi connectivity index (χ0v) is 14.3. The highest BCUT2D eigenvalue weighted by Crippen LogP contribution is 2.38. The lowest BCUT2D eigenvalue weighted by Crippen LogP contribution is -2.18. The SMILES string of the molecule is Nc1ncc(C2=Cn3cc(OC(=O)O)c(=O)c4cc(F)c(F)c(c43)O2)cc1Cl. The Hall–Kier alpha value is -3.66. The second kappa shape index (κ2) is 6.20. The molecule has 0 amide bonds. The number of pyridine rings is 2. The molecule has 8 nitrogen and oxygen atoms in total. The summed E-state index contributed by atoms with van der Waals surface area (Å²) in [5.41, 5.74) is 4.80. The average molecular weight is 408 g/mol. The van der Waals surface area contributed by atoms with Crippen molar-refractivity contribution in [2.24, 2.45) is 0 Å². The summed E-state index contributed by atoms with van der Waals surface area (Å²) in [5.74, 6) is -3.77. The van der Waals surface area contributed by atoms with Crippen molar-refractivity contribution in [1.82, 2.24) is 9.55 Å². The molecule has 28 heavy (non-hydrogen) atoms. The first-order valence-electron chi connectivity index (χ1n) is 7.55. The first-order valence-corrected chi connectivity index (χ1v) is 7.92. The van der Waals surface area contributed by atoms with Crippen LogP contribution in [0.2, 0.25) is 5.02 Å². The minimum absolute atomic E-state index is 0.00220. The first kappa shape index (κ1) is 17.7. The molecule has 142 valence electrons. The molecule has 11 heteroatoms. The van der Waals surface area contributed by atoms with Crippen LogP contribution < -0.4 is 20.6 Å². The van der Waals surface area contributed by atoms with Gasteiger partial charge in [0.05, 0.1) is 22.8 Å². The predicted octanol–water partition coefficient (Wildman–Crippen LogP) is 3.32. The van der Waals surface area contributed by atoms with Gasteiger partial charge in [0.1, 0.15) is 11.3 Å². The Balaban J connectivity index is 2.02. The fourth-order valence-electron chi connectivity index (χ4n) is 2.75. The predicted molar refractivity (Wildman–Crippen MR) is 95.2 cm³/mol. The second-order valence-corrected chi connectivity index (χ2v) is 6.09. The van der Waals surface area contributed by atoms with Gasteiger partial charge < -0.3 is 24.9 Å². The van der Waals surface area contributed by atoms with Crippen molar-refractivity contribution in [1.29, 1.82) is 0 Å². The zero-order chi connectivity index (χ0) is 20.2. The Kier molecular flexibility index (Phi) is 3.93. The van der Waals surface area contributed by atoms with E-state index in [1.54, 1.807) is 0 Å². The Morgan fingerprint density at radius 3 is 2.79 bits per heavy atom. The van der Waals surface area contributed by atoms with Gasteiger partial charge in [-0.3, -0.25) is 4.79 Å². The molecule has 0 spiro atoms. The molecular formula is C17H8ClF2N3O5. The number of hydrogen-bond donors (Lipinski definition) is 2. The van der Waals surface area contributed by atoms with Crippen LogP contribution in [0.25, 0.3) is 22.9 Å². The fraction of sp³-hybridized carbons (Fsp3) is 0. The lowest BCUT2D eigenvalue weighted by molar-refractivity contribution is 0.144. The summed E-state index contributed by atoms with van der Waals surface area (Å²) < 4.78 is 39.5. The van der Waals surface area contributed by atoms with E-state index in [0.29, 0.717) is 6.07 Å². The minimum Gasteiger partial charge on any atom is -0.450 e. The number of hydrogen-bond acceptors (Lipinski definition) is 6. The number of ether oxygens (including phenoxy) is 2. The monoisotopic (exact) mass is 407 g/mol. The number of nitrogens with zero attached hydrogens (tertiary/aromatic N) is 2. The van der Waals surface area contributed by atoms with Crippen molar-refractivity contribution in [3.05, 3.63) is 57.0 Å². The molecule has 3 heterocycles. The molecule has 3 aromatic rings. The summed E-state index contributed by atoms with van der Waals surface area (Å²) in [7, 11) is 0. The average Bonchev–Trinajstić information content (AvgIpc) is 2.64. The number of carboxylic acid groups (broad SMARTS) is 1. The van der Waals surface area contributed by atoms with Crippen LogP contribution in [0.4, 0.5) is 19.4 Å². The zero-order valence-electron chi connectivity index (χ0n) is 13.6. The third kappa shape index (κ3) is 2.70. The molecule has 3 N–H and O–H groups in total. The molecule has 4 rings (SSSR count). The Morgan fingerprint density at radius 1 is 1.36 bits per heavy atom. The van der Waals surface area contributed by atoms with Crippen LogP contribution in [0.15, 0.2) is 29.3 Å². The van der Waals surface area contributed by atoms with Crippen LogP contribution in [-0.2, 0) is 0 Å². The summed E-state index contributed by atoms with van der Waals surface area (Å²) in [4.78, 5) is 27.1. The normalized spacial score (nSPS) is 12.5. The van der Waals surface area contributed by atoms with Crippen LogP contribution in [0, 0.1) is 11.6 Å². The Morgan fingerprint density at radius 2 is 2.11 bits per heavy atom. The standard InChI is InChI=1S/C17H8ClF2N3O5/c18-8-1-6(3-22-16(8)21)10-4-23-5-11(28-17(25)26)14(24)7-2-9(19)12(20)15(27-10)13(7)23/h1-5H,(H2,21,22)(H,25,26). The molecule has 2 aromatic heterocycles. The molecule has 1 aromatic carbocycles. The molecule has 0 bridgehead atoms. The van der Waals surface area contributed by atoms with Gasteiger partial charge >= 0.3 is 6.16 Å². The van der Waals surface area contributed by atoms with E-state index in [4.69, 9.17) is 27.2 Å². The molecule has 0 saturated heterocycles. The van der Waals surface area contributed by atoms with E-state index in [0.717, 1.165) is 6.20 Å². The summed E-state index contributed by atoms with van der Waals surface area (Å²) in [6, 6.07) is 2.04. The van der Waals surface area contributed by atoms with Gasteiger partial charge in [0, 0.05) is 11.8 Å². The highest BCUT2D eigenvalue weighted by molar-refractivity contribution is 6.32. The largest absolute Gasteiger partial charge is 0.511 e. The molecule has 0 saturated carbocycles. The number of carbonyl (C=O) groups is 1. The first-order chi connectivity index (χ1) is 13.3. The van der Waals surface area contributed by atoms with E-state index in [1.165, 1.54) is 23.0 Å². The molecule has 0 atom stereocenters. The van der Waals surface area contributed by atoms with Gasteiger partial charge in [-0.05, 0) is 12.1 Å². The fourth-order valence-corrected chi connectivity index (χ4v) is 2.91. The number of rotatable bonds is 2. The van der Waals surface area contributed by atoms with Crippen molar-refractivity contribution in [3.63, 3.8) is 0 Å². The molecule has 1 aliphatic rings. The Labute approximate surface area is 159 Å². The van der Waals surface area contributed by atoms with Crippen LogP contribution in [0.3, 0.4) is 0 Å². The van der Waals surface area contributed by atoms with Crippen LogP contribution in [0.1, 0.15) is 5.56 Å². The number of benzene rings is 1. The lowest BCUT2D eigenvalue weighted by Gasteiger charge is -2.21. The number of aromatic nitrogens is 2. The summed E-state index contributed by atoms with van der Waals surface area (Å²) in [6.07, 6.45) is 1.89. The molecule has 0 unspecified atom stereocenters. The maximum Gasteiger partial charge on any atom is 0.511 e. The van der Waals surface area contributed by atoms with Crippen molar-refractivity contribution in [2.45, 2.75) is 0 Å². The molecule has 0 radical (unpaired) electrons. The maximum absolute atomic E-state index is 14.4. The highest BCUT2D eigenvalue weighted by Gasteiger charge is 2.26. The third-order valence-corrected chi connectivity index (χ3v) is 4.26. The van der Waals surface area contributed by atoms with Crippen molar-refractivity contribution in [2.75, 3.05) is 5.73 Å². The van der Waals surface area contributed by atoms with Crippen LogP contribution >= 0.6 is 11.6 Å². The molecule has 1 aliphatic heterocycles. The summed E-state index contributed by atoms with van der Waals surface area (Å²) in [6.45, 7) is 0. The molecular weight excluding hydrogens is 400 g/mol. The number of nitrogens with two attached hydrogens (primary N) is 1. The van der Waals surface area contributed by atoms with E-state index < -0.39 is 34.7 Å². The van der Waals surface area contributed by atoms with Crippen molar-refractivity contribution < 1.29 is 28.2 Å².